The third-order valence-corrected chi connectivity index (χ3v) is 3.08. The largest absolute Gasteiger partial charge is 0.496 e. The fourth-order valence-electron chi connectivity index (χ4n) is 2.28. The molecule has 0 spiro atoms. The number of ether oxygens (including phenoxy) is 1. The number of rotatable bonds is 3. The van der Waals surface area contributed by atoms with Gasteiger partial charge in [-0.1, -0.05) is 24.3 Å². The Morgan fingerprint density at radius 1 is 1.26 bits per heavy atom. The van der Waals surface area contributed by atoms with Crippen LogP contribution in [0.2, 0.25) is 0 Å². The molecular formula is C14H13F3O2. The van der Waals surface area contributed by atoms with Gasteiger partial charge in [-0.25, -0.2) is 0 Å². The molecule has 0 aromatic heterocycles. The molecule has 1 aromatic rings. The molecule has 0 fully saturated rings. The Morgan fingerprint density at radius 3 is 2.58 bits per heavy atom. The molecule has 0 unspecified atom stereocenters. The topological polar surface area (TPSA) is 26.3 Å². The number of Topliss-reactive ketones (excluding diaryl/α,β-unsaturated/α-hetero) is 1. The minimum Gasteiger partial charge on any atom is -0.496 e. The highest BCUT2D eigenvalue weighted by molar-refractivity contribution is 6.02. The molecule has 0 saturated heterocycles. The van der Waals surface area contributed by atoms with Crippen molar-refractivity contribution >= 4 is 11.5 Å². The molecule has 19 heavy (non-hydrogen) atoms. The number of hydrogen-bond donors (Lipinski definition) is 0. The fraction of sp³-hybridized carbons (Fsp3) is 0.357. The summed E-state index contributed by atoms with van der Waals surface area (Å²) in [6, 6.07) is 7.28. The Balaban J connectivity index is 2.39. The zero-order valence-corrected chi connectivity index (χ0v) is 10.4. The minimum atomic E-state index is -4.49. The van der Waals surface area contributed by atoms with Crippen molar-refractivity contribution in [3.05, 3.63) is 41.0 Å². The molecule has 1 aliphatic carbocycles. The lowest BCUT2D eigenvalue weighted by molar-refractivity contribution is -0.149. The number of alkyl halides is 3. The molecule has 0 atom stereocenters. The summed E-state index contributed by atoms with van der Waals surface area (Å²) in [5, 5.41) is 0. The molecule has 0 N–H and O–H groups in total. The van der Waals surface area contributed by atoms with E-state index >= 15 is 0 Å². The Kier molecular flexibility index (Phi) is 3.64. The van der Waals surface area contributed by atoms with E-state index in [4.69, 9.17) is 4.74 Å². The molecule has 1 aromatic carbocycles. The molecule has 0 bridgehead atoms. The van der Waals surface area contributed by atoms with Crippen LogP contribution in [-0.4, -0.2) is 19.1 Å². The molecule has 2 nitrogen and oxygen atoms in total. The Hall–Kier alpha value is -1.78. The van der Waals surface area contributed by atoms with Crippen LogP contribution in [0.15, 0.2) is 29.8 Å². The lowest BCUT2D eigenvalue weighted by Gasteiger charge is -2.21. The van der Waals surface area contributed by atoms with Gasteiger partial charge in [0.05, 0.1) is 7.11 Å². The van der Waals surface area contributed by atoms with Crippen LogP contribution in [0.1, 0.15) is 24.0 Å². The van der Waals surface area contributed by atoms with E-state index in [9.17, 15) is 18.0 Å². The fourth-order valence-corrected chi connectivity index (χ4v) is 2.28. The van der Waals surface area contributed by atoms with Crippen LogP contribution < -0.4 is 0 Å². The lowest BCUT2D eigenvalue weighted by atomic mass is 9.88. The quantitative estimate of drug-likeness (QED) is 0.840. The number of benzene rings is 1. The summed E-state index contributed by atoms with van der Waals surface area (Å²) in [5.74, 6) is -0.630. The number of aryl methyl sites for hydroxylation is 1. The smallest absolute Gasteiger partial charge is 0.396 e. The van der Waals surface area contributed by atoms with Crippen molar-refractivity contribution in [2.45, 2.75) is 25.4 Å². The first-order valence-corrected chi connectivity index (χ1v) is 5.88. The van der Waals surface area contributed by atoms with Crippen molar-refractivity contribution in [2.24, 2.45) is 0 Å². The maximum absolute atomic E-state index is 12.3. The highest BCUT2D eigenvalue weighted by atomic mass is 19.4. The van der Waals surface area contributed by atoms with E-state index in [1.54, 1.807) is 12.1 Å². The van der Waals surface area contributed by atoms with Gasteiger partial charge in [-0.2, -0.15) is 13.2 Å². The van der Waals surface area contributed by atoms with Gasteiger partial charge in [0.15, 0.2) is 5.78 Å². The maximum Gasteiger partial charge on any atom is 0.396 e. The Bertz CT molecular complexity index is 530. The van der Waals surface area contributed by atoms with Crippen LogP contribution in [0.4, 0.5) is 13.2 Å². The van der Waals surface area contributed by atoms with E-state index in [-0.39, 0.29) is 17.8 Å². The first-order valence-electron chi connectivity index (χ1n) is 5.88. The van der Waals surface area contributed by atoms with Crippen molar-refractivity contribution in [1.82, 2.24) is 0 Å². The van der Waals surface area contributed by atoms with Crippen molar-refractivity contribution in [1.29, 1.82) is 0 Å². The normalized spacial score (nSPS) is 15.2. The standard InChI is InChI=1S/C14H13F3O2/c1-19-13-10-5-3-2-4-9(10)6-7-11(13)12(18)8-14(15,16)17/h2-5H,6-8H2,1H3. The summed E-state index contributed by atoms with van der Waals surface area (Å²) in [4.78, 5) is 11.7. The van der Waals surface area contributed by atoms with Gasteiger partial charge in [0.25, 0.3) is 0 Å². The number of allylic oxidation sites excluding steroid dienone is 1. The number of halogens is 3. The van der Waals surface area contributed by atoms with Gasteiger partial charge in [-0.3, -0.25) is 4.79 Å². The molecule has 0 saturated carbocycles. The summed E-state index contributed by atoms with van der Waals surface area (Å²) >= 11 is 0. The molecule has 102 valence electrons. The van der Waals surface area contributed by atoms with Gasteiger partial charge in [-0.05, 0) is 18.4 Å². The number of ketones is 1. The molecule has 1 aliphatic rings. The van der Waals surface area contributed by atoms with Crippen LogP contribution in [-0.2, 0) is 16.0 Å². The zero-order valence-electron chi connectivity index (χ0n) is 10.4. The van der Waals surface area contributed by atoms with E-state index in [2.05, 4.69) is 0 Å². The highest BCUT2D eigenvalue weighted by Crippen LogP contribution is 2.34. The van der Waals surface area contributed by atoms with Crippen LogP contribution >= 0.6 is 0 Å². The highest BCUT2D eigenvalue weighted by Gasteiger charge is 2.34. The van der Waals surface area contributed by atoms with E-state index in [0.717, 1.165) is 5.56 Å². The number of hydrogen-bond acceptors (Lipinski definition) is 2. The van der Waals surface area contributed by atoms with E-state index in [0.29, 0.717) is 12.0 Å². The summed E-state index contributed by atoms with van der Waals surface area (Å²) in [6.07, 6.45) is -5.08. The minimum absolute atomic E-state index is 0.138. The van der Waals surface area contributed by atoms with Crippen LogP contribution in [0, 0.1) is 0 Å². The monoisotopic (exact) mass is 270 g/mol. The van der Waals surface area contributed by atoms with Gasteiger partial charge < -0.3 is 4.74 Å². The van der Waals surface area contributed by atoms with Gasteiger partial charge in [0.2, 0.25) is 0 Å². The van der Waals surface area contributed by atoms with E-state index in [1.807, 2.05) is 12.1 Å². The molecule has 2 rings (SSSR count). The van der Waals surface area contributed by atoms with Crippen molar-refractivity contribution in [2.75, 3.05) is 7.11 Å². The molecule has 0 heterocycles. The van der Waals surface area contributed by atoms with Crippen molar-refractivity contribution < 1.29 is 22.7 Å². The summed E-state index contributed by atoms with van der Waals surface area (Å²) in [5.41, 5.74) is 1.84. The third-order valence-electron chi connectivity index (χ3n) is 3.08. The first kappa shape index (κ1) is 13.6. The molecule has 0 aliphatic heterocycles. The van der Waals surface area contributed by atoms with Crippen LogP contribution in [0.25, 0.3) is 5.76 Å². The summed E-state index contributed by atoms with van der Waals surface area (Å²) in [6.45, 7) is 0. The second kappa shape index (κ2) is 5.07. The number of carbonyl (C=O) groups is 1. The summed E-state index contributed by atoms with van der Waals surface area (Å²) < 4.78 is 42.1. The maximum atomic E-state index is 12.3. The Labute approximate surface area is 108 Å². The summed E-state index contributed by atoms with van der Waals surface area (Å²) in [7, 11) is 1.37. The third kappa shape index (κ3) is 2.97. The molecular weight excluding hydrogens is 257 g/mol. The molecule has 0 radical (unpaired) electrons. The van der Waals surface area contributed by atoms with Gasteiger partial charge >= 0.3 is 6.18 Å². The van der Waals surface area contributed by atoms with Gasteiger partial charge in [-0.15, -0.1) is 0 Å². The lowest BCUT2D eigenvalue weighted by Crippen LogP contribution is -2.20. The van der Waals surface area contributed by atoms with Crippen LogP contribution in [0.3, 0.4) is 0 Å². The average molecular weight is 270 g/mol. The molecule has 0 amide bonds. The number of carbonyl (C=O) groups excluding carboxylic acids is 1. The Morgan fingerprint density at radius 2 is 1.95 bits per heavy atom. The predicted molar refractivity (Wildman–Crippen MR) is 64.4 cm³/mol. The van der Waals surface area contributed by atoms with Crippen LogP contribution in [0.5, 0.6) is 0 Å². The SMILES string of the molecule is COC1=C(C(=O)CC(F)(F)F)CCc2ccccc21. The molecule has 5 heteroatoms. The number of fused-ring (bicyclic) bond motifs is 1. The van der Waals surface area contributed by atoms with Gasteiger partial charge in [0, 0.05) is 11.1 Å². The van der Waals surface area contributed by atoms with Crippen molar-refractivity contribution in [3.63, 3.8) is 0 Å². The van der Waals surface area contributed by atoms with Gasteiger partial charge in [0.1, 0.15) is 12.2 Å². The first-order chi connectivity index (χ1) is 8.92. The van der Waals surface area contributed by atoms with E-state index < -0.39 is 18.4 Å². The second-order valence-corrected chi connectivity index (χ2v) is 4.38. The van der Waals surface area contributed by atoms with E-state index in [1.165, 1.54) is 7.11 Å². The second-order valence-electron chi connectivity index (χ2n) is 4.38. The van der Waals surface area contributed by atoms with Crippen molar-refractivity contribution in [3.8, 4) is 0 Å². The number of methoxy groups -OCH3 is 1. The zero-order chi connectivity index (χ0) is 14.0. The average Bonchev–Trinajstić information content (AvgIpc) is 2.35. The predicted octanol–water partition coefficient (Wildman–Crippen LogP) is 3.51.